The summed E-state index contributed by atoms with van der Waals surface area (Å²) in [6, 6.07) is 132. The Morgan fingerprint density at radius 2 is 0.393 bits per heavy atom. The number of hydrogen-bond acceptors (Lipinski definition) is 0. The third-order valence-electron chi connectivity index (χ3n) is 15.6. The zero-order valence-electron chi connectivity index (χ0n) is 67.3. The van der Waals surface area contributed by atoms with Crippen LogP contribution >= 0.6 is 0 Å². The van der Waals surface area contributed by atoms with Crippen molar-refractivity contribution in [2.75, 3.05) is 0 Å². The fourth-order valence-corrected chi connectivity index (χ4v) is 10.1. The van der Waals surface area contributed by atoms with E-state index in [9.17, 15) is 0 Å². The van der Waals surface area contributed by atoms with Crippen molar-refractivity contribution in [2.45, 2.75) is 96.9 Å². The molecule has 14 radical (unpaired) electrons. The SMILES string of the molecule is Cc1[c-]c(-c2[c-]c(C)ccc2)ccc1.Cc1[c-]c(-c2[c-]cc(C)cc2)ccc1.Cc1[c-]c(-c2[c-]ccc(C)c2)ccc1.Cc1[c-]c(-c2[c-]cccc2C)ccc1.Cc1c[c-]c(-c2[c-]cc(C)cc2)cc1.Cc1c[c-]c(-c2[c-]ccc(C)c2)cc1.Cc1c[c-]c(-c2[c-]cccc2C)cc1.[Y].[Y].[Y].[Y].[Y].[Y].[Y].[Y].[Y].[Y].[Y].[Y].[Y].[Y]. The summed E-state index contributed by atoms with van der Waals surface area (Å²) in [6.07, 6.45) is 0. The summed E-state index contributed by atoms with van der Waals surface area (Å²) >= 11 is 0. The van der Waals surface area contributed by atoms with E-state index in [1.54, 1.807) is 0 Å². The molecular weight excluding hydrogens is 2420 g/mol. The Hall–Kier alpha value is 4.53. The van der Waals surface area contributed by atoms with Crippen LogP contribution in [0.3, 0.4) is 0 Å². The molecule has 0 unspecified atom stereocenters. The van der Waals surface area contributed by atoms with E-state index < -0.39 is 0 Å². The maximum Gasteiger partial charge on any atom is 0 e. The Morgan fingerprint density at radius 1 is 0.161 bits per heavy atom. The molecule has 0 bridgehead atoms. The average molecular weight is 2510 g/mol. The Kier molecular flexibility index (Phi) is 84.0. The molecule has 0 spiro atoms. The summed E-state index contributed by atoms with van der Waals surface area (Å²) in [6.45, 7) is 29.0. The summed E-state index contributed by atoms with van der Waals surface area (Å²) in [5, 5.41) is 0. The van der Waals surface area contributed by atoms with Crippen molar-refractivity contribution in [3.8, 4) is 77.9 Å². The number of rotatable bonds is 7. The zero-order valence-corrected chi connectivity index (χ0v) is 107. The molecule has 0 heterocycles. The van der Waals surface area contributed by atoms with Crippen molar-refractivity contribution in [1.29, 1.82) is 0 Å². The third-order valence-corrected chi connectivity index (χ3v) is 15.6. The molecule has 0 aromatic heterocycles. The Bertz CT molecular complexity index is 4470. The Labute approximate surface area is 1030 Å². The van der Waals surface area contributed by atoms with Gasteiger partial charge in [-0.25, -0.2) is 77.9 Å². The Balaban J connectivity index is -0.000000225. The first kappa shape index (κ1) is 130. The average Bonchev–Trinajstić information content (AvgIpc) is 0.887. The van der Waals surface area contributed by atoms with Gasteiger partial charge in [0.05, 0.1) is 0 Å². The summed E-state index contributed by atoms with van der Waals surface area (Å²) in [5.41, 5.74) is 32.7. The standard InChI is InChI=1S/7C14H12.14Y/c1-11-3-7-13(8-4-11)14-9-5-12(2)6-10-14;2*1-11-5-3-7-13(9-11)14-8-4-6-12(2)10-14;1-11-6-5-8-13(10-11)14-9-4-3-7-12(14)2;2*1-11-6-8-13(9-7-11)14-5-3-4-12(2)10-14;1-11-7-9-13(10-8-11)14-6-4-3-5-12(14)2;;;;;;;;;;;;;;/h3-7,9H,1-2H3;3-7,10H,1-2H3;2*3-8H,1-2H3;3-4,6-8,10H,1-2H3;3-8H,1-2H3;3-5,7-9H,1-2H3;;;;;;;;;;;;;;/q7*-2;;;;;;;;;;;;;;. The van der Waals surface area contributed by atoms with E-state index >= 15 is 0 Å². The van der Waals surface area contributed by atoms with Gasteiger partial charge in [-0.1, -0.05) is 96.9 Å². The second-order valence-electron chi connectivity index (χ2n) is 24.7. The molecule has 0 N–H and O–H groups in total. The number of hydrogen-bond donors (Lipinski definition) is 0. The van der Waals surface area contributed by atoms with Crippen LogP contribution < -0.4 is 0 Å². The molecule has 14 aromatic carbocycles. The van der Waals surface area contributed by atoms with Crippen molar-refractivity contribution in [3.63, 3.8) is 0 Å². The van der Waals surface area contributed by atoms with Crippen LogP contribution in [0, 0.1) is 182 Å². The van der Waals surface area contributed by atoms with Gasteiger partial charge in [0, 0.05) is 458 Å². The molecule has 0 aliphatic rings. The monoisotopic (exact) mass is 2510 g/mol. The van der Waals surface area contributed by atoms with E-state index in [2.05, 4.69) is 370 Å². The van der Waals surface area contributed by atoms with E-state index in [1.807, 2.05) is 66.7 Å². The maximum atomic E-state index is 3.33. The summed E-state index contributed by atoms with van der Waals surface area (Å²) in [5.74, 6) is 0. The van der Waals surface area contributed by atoms with Gasteiger partial charge in [0.2, 0.25) is 0 Å². The molecule has 14 rings (SSSR count). The van der Waals surface area contributed by atoms with Crippen LogP contribution in [0.2, 0.25) is 0 Å². The van der Waals surface area contributed by atoms with Crippen LogP contribution in [-0.2, 0) is 458 Å². The second-order valence-corrected chi connectivity index (χ2v) is 24.7. The minimum atomic E-state index is 0. The number of benzene rings is 14. The van der Waals surface area contributed by atoms with Gasteiger partial charge in [0.15, 0.2) is 0 Å². The van der Waals surface area contributed by atoms with E-state index in [4.69, 9.17) is 0 Å². The maximum absolute atomic E-state index is 3.33. The zero-order chi connectivity index (χ0) is 69.8. The summed E-state index contributed by atoms with van der Waals surface area (Å²) in [7, 11) is 0. The first-order valence-corrected chi connectivity index (χ1v) is 33.1. The van der Waals surface area contributed by atoms with Crippen LogP contribution in [-0.4, -0.2) is 0 Å². The van der Waals surface area contributed by atoms with Crippen LogP contribution in [0.25, 0.3) is 77.9 Å². The minimum Gasteiger partial charge on any atom is -0.226 e. The largest absolute Gasteiger partial charge is 0.226 e. The van der Waals surface area contributed by atoms with Crippen LogP contribution in [0.5, 0.6) is 0 Å². The first-order chi connectivity index (χ1) is 47.3. The van der Waals surface area contributed by atoms with E-state index in [0.29, 0.717) is 0 Å². The van der Waals surface area contributed by atoms with Gasteiger partial charge in [-0.3, -0.25) is 0 Å². The molecule has 0 saturated carbocycles. The molecule has 0 nitrogen and oxygen atoms in total. The predicted molar refractivity (Wildman–Crippen MR) is 413 cm³/mol. The molecule has 532 valence electrons. The fourth-order valence-electron chi connectivity index (χ4n) is 10.1. The van der Waals surface area contributed by atoms with Crippen molar-refractivity contribution in [1.82, 2.24) is 0 Å². The molecule has 14 aromatic rings. The van der Waals surface area contributed by atoms with Crippen LogP contribution in [0.15, 0.2) is 255 Å². The van der Waals surface area contributed by atoms with Gasteiger partial charge in [-0.15, -0.1) is 121 Å². The Morgan fingerprint density at radius 3 is 0.661 bits per heavy atom. The van der Waals surface area contributed by atoms with Gasteiger partial charge in [0.1, 0.15) is 0 Å². The summed E-state index contributed by atoms with van der Waals surface area (Å²) in [4.78, 5) is 0. The molecule has 14 heteroatoms. The normalized spacial score (nSPS) is 8.88. The van der Waals surface area contributed by atoms with E-state index in [-0.39, 0.29) is 458 Å². The van der Waals surface area contributed by atoms with Gasteiger partial charge in [-0.05, 0) is 0 Å². The molecule has 0 amide bonds. The van der Waals surface area contributed by atoms with Gasteiger partial charge in [0.25, 0.3) is 0 Å². The van der Waals surface area contributed by atoms with Gasteiger partial charge >= 0.3 is 0 Å². The van der Waals surface area contributed by atoms with Crippen molar-refractivity contribution >= 4 is 0 Å². The first-order valence-electron chi connectivity index (χ1n) is 33.1. The smallest absolute Gasteiger partial charge is 0 e. The predicted octanol–water partition coefficient (Wildman–Crippen LogP) is 25.0. The third kappa shape index (κ3) is 48.5. The van der Waals surface area contributed by atoms with E-state index in [1.165, 1.54) is 55.6 Å². The van der Waals surface area contributed by atoms with Gasteiger partial charge < -0.3 is 0 Å². The molecule has 0 aliphatic heterocycles. The topological polar surface area (TPSA) is 0 Å². The summed E-state index contributed by atoms with van der Waals surface area (Å²) < 4.78 is 0. The number of aryl methyl sites for hydroxylation is 14. The molecule has 0 atom stereocenters. The quantitative estimate of drug-likeness (QED) is 0.140. The molecular formula is C98H84Y14-14. The minimum absolute atomic E-state index is 0. The van der Waals surface area contributed by atoms with Crippen LogP contribution in [0.4, 0.5) is 0 Å². The molecule has 0 saturated heterocycles. The van der Waals surface area contributed by atoms with Gasteiger partial charge in [-0.2, -0.15) is 296 Å². The second kappa shape index (κ2) is 72.6. The van der Waals surface area contributed by atoms with Crippen molar-refractivity contribution in [2.24, 2.45) is 0 Å². The van der Waals surface area contributed by atoms with Crippen molar-refractivity contribution in [3.05, 3.63) is 418 Å². The fraction of sp³-hybridized carbons (Fsp3) is 0.143. The molecule has 112 heavy (non-hydrogen) atoms. The molecule has 0 aliphatic carbocycles. The van der Waals surface area contributed by atoms with Crippen LogP contribution in [0.1, 0.15) is 77.9 Å². The van der Waals surface area contributed by atoms with Crippen molar-refractivity contribution < 1.29 is 458 Å². The van der Waals surface area contributed by atoms with E-state index in [0.717, 1.165) is 100 Å². The molecule has 0 fully saturated rings.